The summed E-state index contributed by atoms with van der Waals surface area (Å²) in [7, 11) is 0. The molecule has 1 aromatic carbocycles. The van der Waals surface area contributed by atoms with Crippen LogP contribution in [-0.2, 0) is 6.61 Å². The summed E-state index contributed by atoms with van der Waals surface area (Å²) < 4.78 is 11.6. The fraction of sp³-hybridized carbons (Fsp3) is 0.300. The monoisotopic (exact) mass is 352 g/mol. The van der Waals surface area contributed by atoms with E-state index < -0.39 is 0 Å². The molecular weight excluding hydrogens is 332 g/mol. The molecule has 0 aliphatic heterocycles. The number of benzene rings is 1. The molecule has 0 amide bonds. The standard InChI is InChI=1S/C20H20N2O2S/c1-2-23-20-19-17(8-10-22-20)18(9-11-21-19)24-13-14-4-3-5-16(12-14)25-15-6-7-15/h3-5,8-12,15H,2,6-7,13H2,1H3. The summed E-state index contributed by atoms with van der Waals surface area (Å²) in [5.41, 5.74) is 1.91. The summed E-state index contributed by atoms with van der Waals surface area (Å²) in [5, 5.41) is 1.73. The van der Waals surface area contributed by atoms with E-state index in [0.29, 0.717) is 19.1 Å². The van der Waals surface area contributed by atoms with Crippen molar-refractivity contribution < 1.29 is 9.47 Å². The first-order chi connectivity index (χ1) is 12.3. The van der Waals surface area contributed by atoms with Crippen LogP contribution in [0.25, 0.3) is 10.9 Å². The Hall–Kier alpha value is -2.27. The van der Waals surface area contributed by atoms with Crippen molar-refractivity contribution in [1.29, 1.82) is 0 Å². The number of rotatable bonds is 7. The summed E-state index contributed by atoms with van der Waals surface area (Å²) in [5.74, 6) is 1.35. The molecule has 1 fully saturated rings. The van der Waals surface area contributed by atoms with Gasteiger partial charge < -0.3 is 9.47 Å². The molecule has 1 aliphatic carbocycles. The lowest BCUT2D eigenvalue weighted by Gasteiger charge is -2.11. The van der Waals surface area contributed by atoms with Crippen molar-refractivity contribution in [3.63, 3.8) is 0 Å². The molecule has 25 heavy (non-hydrogen) atoms. The Morgan fingerprint density at radius 3 is 2.80 bits per heavy atom. The van der Waals surface area contributed by atoms with Gasteiger partial charge in [0.25, 0.3) is 0 Å². The minimum Gasteiger partial charge on any atom is -0.488 e. The molecule has 2 aromatic heterocycles. The second kappa shape index (κ2) is 7.31. The van der Waals surface area contributed by atoms with Crippen molar-refractivity contribution in [2.24, 2.45) is 0 Å². The highest BCUT2D eigenvalue weighted by atomic mass is 32.2. The molecule has 0 spiro atoms. The molecule has 4 rings (SSSR count). The Labute approximate surface area is 151 Å². The highest BCUT2D eigenvalue weighted by Crippen LogP contribution is 2.39. The topological polar surface area (TPSA) is 44.2 Å². The quantitative estimate of drug-likeness (QED) is 0.607. The fourth-order valence-electron chi connectivity index (χ4n) is 2.64. The summed E-state index contributed by atoms with van der Waals surface area (Å²) in [6.07, 6.45) is 6.14. The van der Waals surface area contributed by atoms with Gasteiger partial charge in [0.1, 0.15) is 17.9 Å². The van der Waals surface area contributed by atoms with Crippen molar-refractivity contribution in [3.05, 3.63) is 54.4 Å². The maximum absolute atomic E-state index is 6.08. The molecule has 3 aromatic rings. The van der Waals surface area contributed by atoms with E-state index in [1.807, 2.05) is 30.8 Å². The summed E-state index contributed by atoms with van der Waals surface area (Å²) in [4.78, 5) is 9.98. The van der Waals surface area contributed by atoms with Gasteiger partial charge in [-0.15, -0.1) is 11.8 Å². The predicted molar refractivity (Wildman–Crippen MR) is 100 cm³/mol. The van der Waals surface area contributed by atoms with Gasteiger partial charge in [-0.25, -0.2) is 4.98 Å². The molecule has 1 aliphatic rings. The maximum atomic E-state index is 6.08. The van der Waals surface area contributed by atoms with Gasteiger partial charge in [0, 0.05) is 27.9 Å². The van der Waals surface area contributed by atoms with Gasteiger partial charge in [0.05, 0.1) is 6.61 Å². The number of fused-ring (bicyclic) bond motifs is 1. The van der Waals surface area contributed by atoms with Crippen molar-refractivity contribution >= 4 is 22.7 Å². The van der Waals surface area contributed by atoms with Crippen LogP contribution in [0, 0.1) is 0 Å². The third-order valence-electron chi connectivity index (χ3n) is 3.99. The molecule has 5 heteroatoms. The van der Waals surface area contributed by atoms with Crippen LogP contribution >= 0.6 is 11.8 Å². The Kier molecular flexibility index (Phi) is 4.74. The van der Waals surface area contributed by atoms with Crippen LogP contribution in [-0.4, -0.2) is 21.8 Å². The van der Waals surface area contributed by atoms with Crippen LogP contribution < -0.4 is 9.47 Å². The van der Waals surface area contributed by atoms with Crippen molar-refractivity contribution in [2.45, 2.75) is 36.5 Å². The van der Waals surface area contributed by atoms with Crippen molar-refractivity contribution in [1.82, 2.24) is 9.97 Å². The SMILES string of the molecule is CCOc1nccc2c(OCc3cccc(SC4CC4)c3)ccnc12. The minimum atomic E-state index is 0.532. The van der Waals surface area contributed by atoms with E-state index in [-0.39, 0.29) is 0 Å². The first-order valence-electron chi connectivity index (χ1n) is 8.58. The molecule has 0 bridgehead atoms. The van der Waals surface area contributed by atoms with Crippen LogP contribution in [0.5, 0.6) is 11.6 Å². The molecule has 0 radical (unpaired) electrons. The van der Waals surface area contributed by atoms with Crippen molar-refractivity contribution in [3.8, 4) is 11.6 Å². The molecule has 0 atom stereocenters. The van der Waals surface area contributed by atoms with E-state index in [2.05, 4.69) is 34.2 Å². The fourth-order valence-corrected chi connectivity index (χ4v) is 3.78. The predicted octanol–water partition coefficient (Wildman–Crippen LogP) is 4.86. The molecular formula is C20H20N2O2S. The van der Waals surface area contributed by atoms with Gasteiger partial charge in [0.2, 0.25) is 5.88 Å². The average molecular weight is 352 g/mol. The smallest absolute Gasteiger partial charge is 0.240 e. The first-order valence-corrected chi connectivity index (χ1v) is 9.46. The zero-order valence-corrected chi connectivity index (χ0v) is 15.0. The largest absolute Gasteiger partial charge is 0.488 e. The van der Waals surface area contributed by atoms with Crippen LogP contribution in [0.15, 0.2) is 53.7 Å². The van der Waals surface area contributed by atoms with Crippen LogP contribution in [0.4, 0.5) is 0 Å². The van der Waals surface area contributed by atoms with E-state index in [4.69, 9.17) is 9.47 Å². The maximum Gasteiger partial charge on any atom is 0.240 e. The normalized spacial score (nSPS) is 13.8. The summed E-state index contributed by atoms with van der Waals surface area (Å²) in [6, 6.07) is 12.4. The lowest BCUT2D eigenvalue weighted by molar-refractivity contribution is 0.308. The highest BCUT2D eigenvalue weighted by Gasteiger charge is 2.22. The lowest BCUT2D eigenvalue weighted by Crippen LogP contribution is -1.99. The second-order valence-corrected chi connectivity index (χ2v) is 7.38. The summed E-state index contributed by atoms with van der Waals surface area (Å²) in [6.45, 7) is 3.03. The number of nitrogens with zero attached hydrogens (tertiary/aromatic N) is 2. The lowest BCUT2D eigenvalue weighted by atomic mass is 10.2. The highest BCUT2D eigenvalue weighted by molar-refractivity contribution is 8.00. The van der Waals surface area contributed by atoms with Gasteiger partial charge in [0.15, 0.2) is 0 Å². The van der Waals surface area contributed by atoms with E-state index >= 15 is 0 Å². The molecule has 0 unspecified atom stereocenters. The number of ether oxygens (including phenoxy) is 2. The van der Waals surface area contributed by atoms with Gasteiger partial charge in [-0.1, -0.05) is 12.1 Å². The zero-order valence-electron chi connectivity index (χ0n) is 14.1. The molecule has 0 saturated heterocycles. The Bertz CT molecular complexity index is 880. The minimum absolute atomic E-state index is 0.532. The summed E-state index contributed by atoms with van der Waals surface area (Å²) >= 11 is 1.96. The average Bonchev–Trinajstić information content (AvgIpc) is 3.45. The van der Waals surface area contributed by atoms with Gasteiger partial charge in [-0.2, -0.15) is 0 Å². The van der Waals surface area contributed by atoms with E-state index in [0.717, 1.165) is 21.9 Å². The molecule has 0 N–H and O–H groups in total. The third-order valence-corrected chi connectivity index (χ3v) is 5.32. The third kappa shape index (κ3) is 3.87. The molecule has 4 nitrogen and oxygen atoms in total. The van der Waals surface area contributed by atoms with E-state index in [1.165, 1.54) is 23.3 Å². The Balaban J connectivity index is 1.53. The first kappa shape index (κ1) is 16.2. The zero-order chi connectivity index (χ0) is 17.1. The number of aromatic nitrogens is 2. The van der Waals surface area contributed by atoms with Crippen molar-refractivity contribution in [2.75, 3.05) is 6.61 Å². The van der Waals surface area contributed by atoms with Gasteiger partial charge >= 0.3 is 0 Å². The Morgan fingerprint density at radius 1 is 1.08 bits per heavy atom. The molecule has 2 heterocycles. The molecule has 1 saturated carbocycles. The number of hydrogen-bond acceptors (Lipinski definition) is 5. The molecule has 128 valence electrons. The second-order valence-electron chi connectivity index (χ2n) is 6.01. The van der Waals surface area contributed by atoms with Gasteiger partial charge in [-0.3, -0.25) is 4.98 Å². The Morgan fingerprint density at radius 2 is 1.96 bits per heavy atom. The number of pyridine rings is 2. The van der Waals surface area contributed by atoms with E-state index in [1.54, 1.807) is 12.4 Å². The van der Waals surface area contributed by atoms with Crippen LogP contribution in [0.1, 0.15) is 25.3 Å². The number of thioether (sulfide) groups is 1. The van der Waals surface area contributed by atoms with Gasteiger partial charge in [-0.05, 0) is 49.6 Å². The number of hydrogen-bond donors (Lipinski definition) is 0. The van der Waals surface area contributed by atoms with Crippen LogP contribution in [0.3, 0.4) is 0 Å². The van der Waals surface area contributed by atoms with Crippen LogP contribution in [0.2, 0.25) is 0 Å². The van der Waals surface area contributed by atoms with E-state index in [9.17, 15) is 0 Å².